The Morgan fingerprint density at radius 3 is 2.54 bits per heavy atom. The molecule has 5 nitrogen and oxygen atoms in total. The molecule has 0 aromatic heterocycles. The monoisotopic (exact) mass is 323 g/mol. The Morgan fingerprint density at radius 2 is 1.83 bits per heavy atom. The number of anilines is 2. The predicted octanol–water partition coefficient (Wildman–Crippen LogP) is 3.17. The molecule has 3 amide bonds. The van der Waals surface area contributed by atoms with Gasteiger partial charge in [-0.15, -0.1) is 0 Å². The lowest BCUT2D eigenvalue weighted by Crippen LogP contribution is -2.34. The van der Waals surface area contributed by atoms with E-state index < -0.39 is 0 Å². The molecule has 2 aromatic carbocycles. The number of hydrogen-bond donors (Lipinski definition) is 2. The van der Waals surface area contributed by atoms with Gasteiger partial charge < -0.3 is 15.5 Å². The van der Waals surface area contributed by atoms with Gasteiger partial charge in [-0.05, 0) is 31.2 Å². The smallest absolute Gasteiger partial charge is 0.319 e. The highest BCUT2D eigenvalue weighted by Crippen LogP contribution is 2.24. The van der Waals surface area contributed by atoms with E-state index >= 15 is 0 Å². The summed E-state index contributed by atoms with van der Waals surface area (Å²) in [6.45, 7) is 3.11. The summed E-state index contributed by atoms with van der Waals surface area (Å²) < 4.78 is 0. The van der Waals surface area contributed by atoms with Gasteiger partial charge in [0.2, 0.25) is 5.91 Å². The van der Waals surface area contributed by atoms with Gasteiger partial charge in [-0.3, -0.25) is 4.79 Å². The molecule has 1 heterocycles. The zero-order valence-corrected chi connectivity index (χ0v) is 13.7. The first kappa shape index (κ1) is 16.1. The van der Waals surface area contributed by atoms with E-state index in [0.29, 0.717) is 19.5 Å². The zero-order valence-electron chi connectivity index (χ0n) is 13.7. The van der Waals surface area contributed by atoms with Gasteiger partial charge in [0.1, 0.15) is 0 Å². The fourth-order valence-corrected chi connectivity index (χ4v) is 2.82. The minimum atomic E-state index is -0.246. The van der Waals surface area contributed by atoms with Crippen LogP contribution in [0.1, 0.15) is 12.0 Å². The summed E-state index contributed by atoms with van der Waals surface area (Å²) >= 11 is 0. The molecule has 3 rings (SSSR count). The molecule has 2 N–H and O–H groups in total. The van der Waals surface area contributed by atoms with Gasteiger partial charge in [0.05, 0.1) is 0 Å². The second-order valence-electron chi connectivity index (χ2n) is 6.11. The predicted molar refractivity (Wildman–Crippen MR) is 95.1 cm³/mol. The molecule has 0 radical (unpaired) electrons. The maximum Gasteiger partial charge on any atom is 0.319 e. The molecule has 5 heteroatoms. The van der Waals surface area contributed by atoms with Gasteiger partial charge in [0.15, 0.2) is 0 Å². The molecule has 0 aliphatic carbocycles. The molecule has 1 fully saturated rings. The lowest BCUT2D eigenvalue weighted by atomic mass is 10.1. The van der Waals surface area contributed by atoms with Gasteiger partial charge in [-0.25, -0.2) is 4.79 Å². The Balaban J connectivity index is 1.49. The van der Waals surface area contributed by atoms with E-state index in [-0.39, 0.29) is 17.9 Å². The van der Waals surface area contributed by atoms with Crippen LogP contribution in [-0.2, 0) is 4.79 Å². The number of nitrogens with zero attached hydrogens (tertiary/aromatic N) is 1. The van der Waals surface area contributed by atoms with Crippen molar-refractivity contribution in [2.45, 2.75) is 13.3 Å². The van der Waals surface area contributed by atoms with Crippen LogP contribution in [0.4, 0.5) is 16.2 Å². The molecule has 24 heavy (non-hydrogen) atoms. The first-order valence-electron chi connectivity index (χ1n) is 8.09. The van der Waals surface area contributed by atoms with Crippen molar-refractivity contribution < 1.29 is 9.59 Å². The molecule has 0 spiro atoms. The Kier molecular flexibility index (Phi) is 4.79. The van der Waals surface area contributed by atoms with Gasteiger partial charge in [-0.1, -0.05) is 35.9 Å². The number of aryl methyl sites for hydroxylation is 1. The molecule has 0 unspecified atom stereocenters. The van der Waals surface area contributed by atoms with Crippen LogP contribution in [0.5, 0.6) is 0 Å². The van der Waals surface area contributed by atoms with E-state index in [9.17, 15) is 9.59 Å². The average molecular weight is 323 g/mol. The summed E-state index contributed by atoms with van der Waals surface area (Å²) in [7, 11) is 0. The maximum absolute atomic E-state index is 12.2. The van der Waals surface area contributed by atoms with E-state index in [2.05, 4.69) is 10.6 Å². The van der Waals surface area contributed by atoms with Crippen LogP contribution in [0.2, 0.25) is 0 Å². The fourth-order valence-electron chi connectivity index (χ4n) is 2.82. The number of urea groups is 1. The normalized spacial score (nSPS) is 17.0. The molecule has 124 valence electrons. The maximum atomic E-state index is 12.2. The van der Waals surface area contributed by atoms with Crippen molar-refractivity contribution in [1.29, 1.82) is 0 Å². The molecule has 1 aliphatic rings. The number of amides is 3. The van der Waals surface area contributed by atoms with Crippen molar-refractivity contribution in [1.82, 2.24) is 5.32 Å². The van der Waals surface area contributed by atoms with Gasteiger partial charge in [-0.2, -0.15) is 0 Å². The van der Waals surface area contributed by atoms with E-state index in [1.807, 2.05) is 61.5 Å². The summed E-state index contributed by atoms with van der Waals surface area (Å²) in [5, 5.41) is 5.65. The Bertz CT molecular complexity index is 713. The largest absolute Gasteiger partial charge is 0.338 e. The van der Waals surface area contributed by atoms with Crippen molar-refractivity contribution >= 4 is 23.3 Å². The van der Waals surface area contributed by atoms with Crippen LogP contribution < -0.4 is 15.5 Å². The van der Waals surface area contributed by atoms with Crippen molar-refractivity contribution in [3.63, 3.8) is 0 Å². The Hall–Kier alpha value is -2.82. The van der Waals surface area contributed by atoms with Crippen molar-refractivity contribution in [3.05, 3.63) is 60.2 Å². The van der Waals surface area contributed by atoms with E-state index in [0.717, 1.165) is 16.9 Å². The fraction of sp³-hybridized carbons (Fsp3) is 0.263. The van der Waals surface area contributed by atoms with E-state index in [4.69, 9.17) is 0 Å². The summed E-state index contributed by atoms with van der Waals surface area (Å²) in [4.78, 5) is 25.9. The number of carbonyl (C=O) groups is 2. The summed E-state index contributed by atoms with van der Waals surface area (Å²) in [6, 6.07) is 17.0. The lowest BCUT2D eigenvalue weighted by molar-refractivity contribution is -0.117. The standard InChI is InChI=1S/C19H21N3O2/c1-14-7-9-16(10-8-14)21-19(24)20-12-15-11-18(23)22(13-15)17-5-3-2-4-6-17/h2-10,15H,11-13H2,1H3,(H2,20,21,24)/t15-/m1/s1. The summed E-state index contributed by atoms with van der Waals surface area (Å²) in [6.07, 6.45) is 0.458. The van der Waals surface area contributed by atoms with Crippen LogP contribution in [0, 0.1) is 12.8 Å². The highest BCUT2D eigenvalue weighted by molar-refractivity contribution is 5.96. The third kappa shape index (κ3) is 3.93. The highest BCUT2D eigenvalue weighted by Gasteiger charge is 2.30. The quantitative estimate of drug-likeness (QED) is 0.908. The van der Waals surface area contributed by atoms with Gasteiger partial charge >= 0.3 is 6.03 Å². The van der Waals surface area contributed by atoms with Gasteiger partial charge in [0.25, 0.3) is 0 Å². The van der Waals surface area contributed by atoms with E-state index in [1.165, 1.54) is 0 Å². The molecule has 1 aliphatic heterocycles. The minimum Gasteiger partial charge on any atom is -0.338 e. The second kappa shape index (κ2) is 7.17. The molecular formula is C19H21N3O2. The lowest BCUT2D eigenvalue weighted by Gasteiger charge is -2.17. The molecule has 0 saturated carbocycles. The molecule has 2 aromatic rings. The first-order valence-corrected chi connectivity index (χ1v) is 8.09. The third-order valence-corrected chi connectivity index (χ3v) is 4.13. The van der Waals surface area contributed by atoms with Crippen LogP contribution in [0.25, 0.3) is 0 Å². The van der Waals surface area contributed by atoms with Crippen molar-refractivity contribution in [2.24, 2.45) is 5.92 Å². The number of rotatable bonds is 4. The van der Waals surface area contributed by atoms with E-state index in [1.54, 1.807) is 4.90 Å². The number of para-hydroxylation sites is 1. The van der Waals surface area contributed by atoms with Crippen LogP contribution >= 0.6 is 0 Å². The summed E-state index contributed by atoms with van der Waals surface area (Å²) in [5.74, 6) is 0.230. The van der Waals surface area contributed by atoms with Crippen LogP contribution in [0.3, 0.4) is 0 Å². The first-order chi connectivity index (χ1) is 11.6. The molecule has 1 saturated heterocycles. The summed E-state index contributed by atoms with van der Waals surface area (Å²) in [5.41, 5.74) is 2.81. The molecule has 0 bridgehead atoms. The second-order valence-corrected chi connectivity index (χ2v) is 6.11. The number of benzene rings is 2. The molecular weight excluding hydrogens is 302 g/mol. The average Bonchev–Trinajstić information content (AvgIpc) is 2.97. The van der Waals surface area contributed by atoms with Gasteiger partial charge in [0, 0.05) is 36.8 Å². The number of hydrogen-bond acceptors (Lipinski definition) is 2. The van der Waals surface area contributed by atoms with Crippen molar-refractivity contribution in [3.8, 4) is 0 Å². The SMILES string of the molecule is Cc1ccc(NC(=O)NC[C@H]2CC(=O)N(c3ccccc3)C2)cc1. The van der Waals surface area contributed by atoms with Crippen LogP contribution in [0.15, 0.2) is 54.6 Å². The Morgan fingerprint density at radius 1 is 1.12 bits per heavy atom. The number of nitrogens with one attached hydrogen (secondary N) is 2. The van der Waals surface area contributed by atoms with Crippen molar-refractivity contribution in [2.75, 3.05) is 23.3 Å². The van der Waals surface area contributed by atoms with Crippen LogP contribution in [-0.4, -0.2) is 25.0 Å². The minimum absolute atomic E-state index is 0.104. The third-order valence-electron chi connectivity index (χ3n) is 4.13. The Labute approximate surface area is 141 Å². The number of carbonyl (C=O) groups excluding carboxylic acids is 2. The zero-order chi connectivity index (χ0) is 16.9. The highest BCUT2D eigenvalue weighted by atomic mass is 16.2. The molecule has 1 atom stereocenters. The topological polar surface area (TPSA) is 61.4 Å².